The zero-order valence-electron chi connectivity index (χ0n) is 9.74. The van der Waals surface area contributed by atoms with E-state index >= 15 is 0 Å². The van der Waals surface area contributed by atoms with Crippen LogP contribution in [-0.4, -0.2) is 10.1 Å². The molecule has 0 atom stereocenters. The van der Waals surface area contributed by atoms with Gasteiger partial charge in [-0.05, 0) is 42.7 Å². The van der Waals surface area contributed by atoms with Crippen molar-refractivity contribution < 1.29 is 0 Å². The number of nitrogens with zero attached hydrogens (tertiary/aromatic N) is 1. The highest BCUT2D eigenvalue weighted by Crippen LogP contribution is 2.37. The highest BCUT2D eigenvalue weighted by Gasteiger charge is 2.37. The van der Waals surface area contributed by atoms with Gasteiger partial charge in [0.15, 0.2) is 0 Å². The van der Waals surface area contributed by atoms with Crippen LogP contribution in [0, 0.1) is 0 Å². The molecule has 1 aliphatic carbocycles. The summed E-state index contributed by atoms with van der Waals surface area (Å²) in [5.41, 5.74) is 9.10. The van der Waals surface area contributed by atoms with E-state index < -0.39 is 0 Å². The Morgan fingerprint density at radius 3 is 2.88 bits per heavy atom. The van der Waals surface area contributed by atoms with Crippen molar-refractivity contribution in [2.24, 2.45) is 12.8 Å². The monoisotopic (exact) mass is 214 g/mol. The number of aromatic nitrogens is 1. The van der Waals surface area contributed by atoms with E-state index in [1.54, 1.807) is 0 Å². The van der Waals surface area contributed by atoms with Crippen LogP contribution in [0.5, 0.6) is 0 Å². The molecule has 2 heteroatoms. The minimum absolute atomic E-state index is 0.160. The van der Waals surface area contributed by atoms with Crippen LogP contribution in [0.3, 0.4) is 0 Å². The van der Waals surface area contributed by atoms with Crippen LogP contribution >= 0.6 is 0 Å². The van der Waals surface area contributed by atoms with Crippen LogP contribution in [0.2, 0.25) is 0 Å². The number of benzene rings is 1. The third-order valence-electron chi connectivity index (χ3n) is 3.77. The first kappa shape index (κ1) is 9.91. The fourth-order valence-corrected chi connectivity index (χ4v) is 2.44. The Bertz CT molecular complexity index is 521. The van der Waals surface area contributed by atoms with E-state index in [2.05, 4.69) is 42.1 Å². The van der Waals surface area contributed by atoms with Crippen LogP contribution in [0.15, 0.2) is 30.5 Å². The molecule has 0 unspecified atom stereocenters. The molecule has 1 aromatic carbocycles. The van der Waals surface area contributed by atoms with Gasteiger partial charge >= 0.3 is 0 Å². The Hall–Kier alpha value is -1.28. The number of fused-ring (bicyclic) bond motifs is 1. The molecule has 2 nitrogen and oxygen atoms in total. The topological polar surface area (TPSA) is 30.9 Å². The van der Waals surface area contributed by atoms with Crippen molar-refractivity contribution in [2.75, 3.05) is 0 Å². The molecule has 0 spiro atoms. The van der Waals surface area contributed by atoms with Gasteiger partial charge in [0, 0.05) is 18.8 Å². The smallest absolute Gasteiger partial charge is 0.0510 e. The molecule has 0 amide bonds. The molecule has 2 N–H and O–H groups in total. The first-order chi connectivity index (χ1) is 7.68. The molecule has 3 rings (SSSR count). The lowest BCUT2D eigenvalue weighted by Gasteiger charge is -2.10. The van der Waals surface area contributed by atoms with E-state index in [0.29, 0.717) is 0 Å². The lowest BCUT2D eigenvalue weighted by atomic mass is 10.0. The Balaban J connectivity index is 1.93. The van der Waals surface area contributed by atoms with Gasteiger partial charge in [-0.2, -0.15) is 0 Å². The predicted octanol–water partition coefficient (Wildman–Crippen LogP) is 2.60. The van der Waals surface area contributed by atoms with Crippen molar-refractivity contribution in [3.63, 3.8) is 0 Å². The van der Waals surface area contributed by atoms with E-state index in [1.165, 1.54) is 29.3 Å². The van der Waals surface area contributed by atoms with Crippen molar-refractivity contribution >= 4 is 10.9 Å². The minimum atomic E-state index is 0.160. The summed E-state index contributed by atoms with van der Waals surface area (Å²) in [4.78, 5) is 0. The Kier molecular flexibility index (Phi) is 2.08. The van der Waals surface area contributed by atoms with E-state index in [1.807, 2.05) is 0 Å². The van der Waals surface area contributed by atoms with Gasteiger partial charge in [-0.1, -0.05) is 18.2 Å². The Morgan fingerprint density at radius 1 is 1.31 bits per heavy atom. The molecule has 0 aliphatic heterocycles. The molecule has 1 heterocycles. The quantitative estimate of drug-likeness (QED) is 0.836. The highest BCUT2D eigenvalue weighted by molar-refractivity contribution is 5.83. The first-order valence-corrected chi connectivity index (χ1v) is 6.00. The van der Waals surface area contributed by atoms with Gasteiger partial charge in [-0.15, -0.1) is 0 Å². The van der Waals surface area contributed by atoms with Crippen molar-refractivity contribution in [1.82, 2.24) is 4.57 Å². The van der Waals surface area contributed by atoms with E-state index in [4.69, 9.17) is 5.73 Å². The van der Waals surface area contributed by atoms with Crippen molar-refractivity contribution in [1.29, 1.82) is 0 Å². The third-order valence-corrected chi connectivity index (χ3v) is 3.77. The molecule has 1 saturated carbocycles. The number of hydrogen-bond acceptors (Lipinski definition) is 1. The molecule has 16 heavy (non-hydrogen) atoms. The van der Waals surface area contributed by atoms with Gasteiger partial charge in [0.2, 0.25) is 0 Å². The summed E-state index contributed by atoms with van der Waals surface area (Å²) >= 11 is 0. The molecule has 0 bridgehead atoms. The number of rotatable bonds is 3. The second-order valence-corrected chi connectivity index (χ2v) is 5.14. The zero-order chi connectivity index (χ0) is 11.2. The predicted molar refractivity (Wildman–Crippen MR) is 67.4 cm³/mol. The average molecular weight is 214 g/mol. The second kappa shape index (κ2) is 3.36. The Labute approximate surface area is 96.1 Å². The molecule has 2 aromatic rings. The van der Waals surface area contributed by atoms with Crippen molar-refractivity contribution in [2.45, 2.75) is 31.2 Å². The molecule has 1 aromatic heterocycles. The number of para-hydroxylation sites is 1. The number of nitrogens with two attached hydrogens (primary N) is 1. The number of aryl methyl sites for hydroxylation is 2. The van der Waals surface area contributed by atoms with Crippen LogP contribution in [0.25, 0.3) is 10.9 Å². The summed E-state index contributed by atoms with van der Waals surface area (Å²) in [6, 6.07) is 8.73. The van der Waals surface area contributed by atoms with Gasteiger partial charge in [0.25, 0.3) is 0 Å². The summed E-state index contributed by atoms with van der Waals surface area (Å²) in [5.74, 6) is 0. The lowest BCUT2D eigenvalue weighted by molar-refractivity contribution is 0.610. The van der Waals surface area contributed by atoms with E-state index in [-0.39, 0.29) is 5.54 Å². The molecule has 0 saturated heterocycles. The van der Waals surface area contributed by atoms with Crippen LogP contribution in [0.1, 0.15) is 24.8 Å². The molecule has 84 valence electrons. The van der Waals surface area contributed by atoms with E-state index in [0.717, 1.165) is 12.8 Å². The van der Waals surface area contributed by atoms with Gasteiger partial charge in [-0.25, -0.2) is 0 Å². The molecule has 1 aliphatic rings. The molecule has 1 fully saturated rings. The highest BCUT2D eigenvalue weighted by atomic mass is 14.9. The largest absolute Gasteiger partial charge is 0.350 e. The minimum Gasteiger partial charge on any atom is -0.350 e. The van der Waals surface area contributed by atoms with Crippen molar-refractivity contribution in [3.05, 3.63) is 36.0 Å². The maximum atomic E-state index is 6.15. The second-order valence-electron chi connectivity index (χ2n) is 5.14. The number of hydrogen-bond donors (Lipinski definition) is 1. The SMILES string of the molecule is Cn1ccc2cccc(CCC3(N)CC3)c21. The van der Waals surface area contributed by atoms with Gasteiger partial charge < -0.3 is 10.3 Å². The van der Waals surface area contributed by atoms with Crippen LogP contribution in [-0.2, 0) is 13.5 Å². The maximum absolute atomic E-state index is 6.15. The van der Waals surface area contributed by atoms with Gasteiger partial charge in [0.1, 0.15) is 0 Å². The Morgan fingerprint density at radius 2 is 2.12 bits per heavy atom. The van der Waals surface area contributed by atoms with Crippen LogP contribution < -0.4 is 5.73 Å². The molecular weight excluding hydrogens is 196 g/mol. The molecule has 0 radical (unpaired) electrons. The first-order valence-electron chi connectivity index (χ1n) is 6.00. The summed E-state index contributed by atoms with van der Waals surface area (Å²) in [7, 11) is 2.11. The third kappa shape index (κ3) is 1.63. The summed E-state index contributed by atoms with van der Waals surface area (Å²) < 4.78 is 2.21. The zero-order valence-corrected chi connectivity index (χ0v) is 9.74. The summed E-state index contributed by atoms with van der Waals surface area (Å²) in [6.07, 6.45) is 6.76. The molecular formula is C14H18N2. The maximum Gasteiger partial charge on any atom is 0.0510 e. The van der Waals surface area contributed by atoms with Crippen LogP contribution in [0.4, 0.5) is 0 Å². The summed E-state index contributed by atoms with van der Waals surface area (Å²) in [6.45, 7) is 0. The summed E-state index contributed by atoms with van der Waals surface area (Å²) in [5, 5.41) is 1.34. The fourth-order valence-electron chi connectivity index (χ4n) is 2.44. The average Bonchev–Trinajstić information content (AvgIpc) is 2.90. The van der Waals surface area contributed by atoms with Gasteiger partial charge in [0.05, 0.1) is 5.52 Å². The normalized spacial score (nSPS) is 17.9. The standard InChI is InChI=1S/C14H18N2/c1-16-10-6-12-4-2-3-11(13(12)16)5-7-14(15)8-9-14/h2-4,6,10H,5,7-9,15H2,1H3. The van der Waals surface area contributed by atoms with Crippen molar-refractivity contribution in [3.8, 4) is 0 Å². The van der Waals surface area contributed by atoms with Gasteiger partial charge in [-0.3, -0.25) is 0 Å². The lowest BCUT2D eigenvalue weighted by Crippen LogP contribution is -2.22. The fraction of sp³-hybridized carbons (Fsp3) is 0.429. The van der Waals surface area contributed by atoms with E-state index in [9.17, 15) is 0 Å².